The van der Waals surface area contributed by atoms with Crippen LogP contribution in [0, 0.1) is 12.8 Å². The van der Waals surface area contributed by atoms with Crippen molar-refractivity contribution in [3.05, 3.63) is 15.6 Å². The van der Waals surface area contributed by atoms with Crippen LogP contribution in [-0.4, -0.2) is 34.3 Å². The number of rotatable bonds is 5. The smallest absolute Gasteiger partial charge is 0.225 e. The van der Waals surface area contributed by atoms with Crippen molar-refractivity contribution in [2.75, 3.05) is 6.54 Å². The number of piperidine rings is 1. The number of nitrogens with one attached hydrogen (secondary N) is 1. The average molecular weight is 364 g/mol. The summed E-state index contributed by atoms with van der Waals surface area (Å²) in [4.78, 5) is 32.6. The van der Waals surface area contributed by atoms with Gasteiger partial charge in [-0.05, 0) is 26.2 Å². The predicted octanol–water partition coefficient (Wildman–Crippen LogP) is 3.37. The zero-order valence-electron chi connectivity index (χ0n) is 15.5. The van der Waals surface area contributed by atoms with Gasteiger partial charge in [0, 0.05) is 29.8 Å². The number of hydrogen-bond donors (Lipinski definition) is 1. The molecule has 1 aromatic heterocycles. The molecule has 2 fully saturated rings. The summed E-state index contributed by atoms with van der Waals surface area (Å²) in [7, 11) is 0. The second-order valence-electron chi connectivity index (χ2n) is 7.65. The quantitative estimate of drug-likeness (QED) is 0.872. The van der Waals surface area contributed by atoms with Crippen LogP contribution in [0.1, 0.15) is 73.9 Å². The third kappa shape index (κ3) is 4.22. The first-order valence-electron chi connectivity index (χ1n) is 9.49. The molecule has 25 heavy (non-hydrogen) atoms. The minimum atomic E-state index is -0.0731. The van der Waals surface area contributed by atoms with Crippen LogP contribution in [0.2, 0.25) is 0 Å². The van der Waals surface area contributed by atoms with Gasteiger partial charge in [0.15, 0.2) is 0 Å². The molecule has 0 bridgehead atoms. The molecular weight excluding hydrogens is 334 g/mol. The normalized spacial score (nSPS) is 22.0. The number of aryl methyl sites for hydroxylation is 1. The van der Waals surface area contributed by atoms with E-state index in [4.69, 9.17) is 0 Å². The van der Waals surface area contributed by atoms with Gasteiger partial charge in [-0.3, -0.25) is 9.59 Å². The molecule has 1 atom stereocenters. The zero-order chi connectivity index (χ0) is 18.0. The summed E-state index contributed by atoms with van der Waals surface area (Å²) in [5, 5.41) is 4.20. The Bertz CT molecular complexity index is 635. The molecule has 1 aliphatic heterocycles. The van der Waals surface area contributed by atoms with Crippen LogP contribution in [-0.2, 0) is 16.1 Å². The van der Waals surface area contributed by atoms with Gasteiger partial charge in [0.2, 0.25) is 11.8 Å². The summed E-state index contributed by atoms with van der Waals surface area (Å²) in [5.41, 5.74) is 1.01. The van der Waals surface area contributed by atoms with Crippen LogP contribution in [0.3, 0.4) is 0 Å². The number of carbonyl (C=O) groups excluding carboxylic acids is 2. The van der Waals surface area contributed by atoms with Gasteiger partial charge >= 0.3 is 0 Å². The fourth-order valence-electron chi connectivity index (χ4n) is 3.83. The second kappa shape index (κ2) is 7.85. The molecule has 1 saturated heterocycles. The average Bonchev–Trinajstić information content (AvgIpc) is 3.23. The molecule has 138 valence electrons. The molecule has 2 amide bonds. The van der Waals surface area contributed by atoms with E-state index >= 15 is 0 Å². The lowest BCUT2D eigenvalue weighted by molar-refractivity contribution is -0.140. The van der Waals surface area contributed by atoms with E-state index in [0.717, 1.165) is 28.4 Å². The summed E-state index contributed by atoms with van der Waals surface area (Å²) in [6.07, 6.45) is 5.77. The summed E-state index contributed by atoms with van der Waals surface area (Å²) in [5.74, 6) is 0.652. The minimum absolute atomic E-state index is 0.0731. The largest absolute Gasteiger partial charge is 0.351 e. The Morgan fingerprint density at radius 2 is 2.04 bits per heavy atom. The highest BCUT2D eigenvalue weighted by Gasteiger charge is 2.35. The van der Waals surface area contributed by atoms with Gasteiger partial charge in [-0.15, -0.1) is 11.3 Å². The minimum Gasteiger partial charge on any atom is -0.351 e. The highest BCUT2D eigenvalue weighted by Crippen LogP contribution is 2.29. The van der Waals surface area contributed by atoms with E-state index in [9.17, 15) is 9.59 Å². The third-order valence-corrected chi connectivity index (χ3v) is 6.86. The van der Waals surface area contributed by atoms with E-state index in [-0.39, 0.29) is 17.7 Å². The summed E-state index contributed by atoms with van der Waals surface area (Å²) in [6, 6.07) is 0.362. The van der Waals surface area contributed by atoms with Crippen LogP contribution in [0.5, 0.6) is 0 Å². The van der Waals surface area contributed by atoms with Crippen molar-refractivity contribution in [2.24, 2.45) is 5.92 Å². The molecule has 2 heterocycles. The number of hydrogen-bond acceptors (Lipinski definition) is 4. The highest BCUT2D eigenvalue weighted by molar-refractivity contribution is 7.11. The van der Waals surface area contributed by atoms with E-state index < -0.39 is 0 Å². The first kappa shape index (κ1) is 18.4. The fraction of sp³-hybridized carbons (Fsp3) is 0.737. The monoisotopic (exact) mass is 363 g/mol. The van der Waals surface area contributed by atoms with E-state index in [1.807, 2.05) is 11.8 Å². The van der Waals surface area contributed by atoms with E-state index in [0.29, 0.717) is 37.9 Å². The Balaban J connectivity index is 1.56. The Hall–Kier alpha value is -1.43. The van der Waals surface area contributed by atoms with Crippen molar-refractivity contribution in [2.45, 2.75) is 77.8 Å². The maximum Gasteiger partial charge on any atom is 0.225 e. The molecule has 1 aromatic rings. The standard InChI is InChI=1S/C19H29N3O2S/c1-12(2)19-21-13(3)16(25-19)10-20-18(24)14-8-9-17(23)22(11-14)15-6-4-5-7-15/h12,14-15H,4-11H2,1-3H3,(H,20,24)/t14-/m0/s1. The van der Waals surface area contributed by atoms with Crippen LogP contribution < -0.4 is 5.32 Å². The van der Waals surface area contributed by atoms with Gasteiger partial charge in [-0.1, -0.05) is 26.7 Å². The SMILES string of the molecule is Cc1nc(C(C)C)sc1CNC(=O)[C@H]1CCC(=O)N(C2CCCC2)C1. The van der Waals surface area contributed by atoms with Crippen molar-refractivity contribution in [3.8, 4) is 0 Å². The number of carbonyl (C=O) groups is 2. The molecule has 5 nitrogen and oxygen atoms in total. The van der Waals surface area contributed by atoms with E-state index in [1.165, 1.54) is 12.8 Å². The molecule has 1 N–H and O–H groups in total. The van der Waals surface area contributed by atoms with Crippen LogP contribution >= 0.6 is 11.3 Å². The van der Waals surface area contributed by atoms with Crippen LogP contribution in [0.25, 0.3) is 0 Å². The van der Waals surface area contributed by atoms with Crippen LogP contribution in [0.4, 0.5) is 0 Å². The summed E-state index contributed by atoms with van der Waals surface area (Å²) < 4.78 is 0. The van der Waals surface area contributed by atoms with Crippen molar-refractivity contribution >= 4 is 23.2 Å². The Morgan fingerprint density at radius 1 is 1.32 bits per heavy atom. The lowest BCUT2D eigenvalue weighted by atomic mass is 9.95. The fourth-order valence-corrected chi connectivity index (χ4v) is 4.84. The number of nitrogens with zero attached hydrogens (tertiary/aromatic N) is 2. The van der Waals surface area contributed by atoms with Gasteiger partial charge in [-0.25, -0.2) is 4.98 Å². The molecule has 1 saturated carbocycles. The second-order valence-corrected chi connectivity index (χ2v) is 8.77. The van der Waals surface area contributed by atoms with E-state index in [1.54, 1.807) is 11.3 Å². The summed E-state index contributed by atoms with van der Waals surface area (Å²) in [6.45, 7) is 7.41. The van der Waals surface area contributed by atoms with Gasteiger partial charge < -0.3 is 10.2 Å². The maximum absolute atomic E-state index is 12.6. The lowest BCUT2D eigenvalue weighted by Crippen LogP contribution is -2.49. The zero-order valence-corrected chi connectivity index (χ0v) is 16.3. The maximum atomic E-state index is 12.6. The molecule has 0 aromatic carbocycles. The molecular formula is C19H29N3O2S. The molecule has 6 heteroatoms. The highest BCUT2D eigenvalue weighted by atomic mass is 32.1. The number of aromatic nitrogens is 1. The van der Waals surface area contributed by atoms with Gasteiger partial charge in [0.1, 0.15) is 0 Å². The lowest BCUT2D eigenvalue weighted by Gasteiger charge is -2.36. The number of thiazole rings is 1. The summed E-state index contributed by atoms with van der Waals surface area (Å²) >= 11 is 1.69. The molecule has 3 rings (SSSR count). The Labute approximate surface area is 154 Å². The molecule has 2 aliphatic rings. The van der Waals surface area contributed by atoms with Crippen molar-refractivity contribution in [1.29, 1.82) is 0 Å². The van der Waals surface area contributed by atoms with Crippen molar-refractivity contribution in [1.82, 2.24) is 15.2 Å². The molecule has 0 unspecified atom stereocenters. The first-order valence-corrected chi connectivity index (χ1v) is 10.3. The van der Waals surface area contributed by atoms with Gasteiger partial charge in [0.25, 0.3) is 0 Å². The predicted molar refractivity (Wildman–Crippen MR) is 99.5 cm³/mol. The van der Waals surface area contributed by atoms with Crippen molar-refractivity contribution < 1.29 is 9.59 Å². The van der Waals surface area contributed by atoms with Gasteiger partial charge in [0.05, 0.1) is 23.2 Å². The first-order chi connectivity index (χ1) is 12.0. The van der Waals surface area contributed by atoms with Crippen LogP contribution in [0.15, 0.2) is 0 Å². The third-order valence-electron chi connectivity index (χ3n) is 5.41. The molecule has 0 radical (unpaired) electrons. The topological polar surface area (TPSA) is 62.3 Å². The molecule has 0 spiro atoms. The number of likely N-dealkylation sites (tertiary alicyclic amines) is 1. The molecule has 1 aliphatic carbocycles. The number of amides is 2. The van der Waals surface area contributed by atoms with Gasteiger partial charge in [-0.2, -0.15) is 0 Å². The Kier molecular flexibility index (Phi) is 5.77. The van der Waals surface area contributed by atoms with E-state index in [2.05, 4.69) is 24.1 Å². The van der Waals surface area contributed by atoms with Crippen molar-refractivity contribution in [3.63, 3.8) is 0 Å². The Morgan fingerprint density at radius 3 is 2.68 bits per heavy atom.